The van der Waals surface area contributed by atoms with Crippen molar-refractivity contribution in [2.45, 2.75) is 169 Å². The molecule has 0 saturated carbocycles. The SMILES string of the molecule is CC(C)CCCCCOP(=O)(O)OC(C)C.CCCCCCCCCCCCCCCCCCN. The molecule has 0 spiro atoms. The van der Waals surface area contributed by atoms with E-state index in [9.17, 15) is 9.46 Å². The molecule has 5 nitrogen and oxygen atoms in total. The summed E-state index contributed by atoms with van der Waals surface area (Å²) in [5.41, 5.74) is 5.48. The lowest BCUT2D eigenvalue weighted by Gasteiger charge is -2.14. The Morgan fingerprint density at radius 3 is 1.43 bits per heavy atom. The molecular weight excluding hydrogens is 457 g/mol. The first kappa shape index (κ1) is 37.2. The molecule has 0 amide bonds. The van der Waals surface area contributed by atoms with Gasteiger partial charge in [0.25, 0.3) is 0 Å². The minimum Gasteiger partial charge on any atom is -0.330 e. The van der Waals surface area contributed by atoms with Gasteiger partial charge in [-0.25, -0.2) is 4.57 Å². The second kappa shape index (κ2) is 28.6. The van der Waals surface area contributed by atoms with E-state index < -0.39 is 7.82 Å². The van der Waals surface area contributed by atoms with Crippen molar-refractivity contribution in [2.75, 3.05) is 13.2 Å². The van der Waals surface area contributed by atoms with Gasteiger partial charge in [0, 0.05) is 0 Å². The quantitative estimate of drug-likeness (QED) is 0.0922. The molecule has 0 fully saturated rings. The van der Waals surface area contributed by atoms with Crippen LogP contribution in [-0.2, 0) is 13.6 Å². The number of phosphoric ester groups is 1. The molecule has 6 heteroatoms. The van der Waals surface area contributed by atoms with Crippen molar-refractivity contribution >= 4 is 7.82 Å². The lowest BCUT2D eigenvalue weighted by molar-refractivity contribution is 0.119. The third kappa shape index (κ3) is 36.3. The first-order valence-corrected chi connectivity index (χ1v) is 16.6. The van der Waals surface area contributed by atoms with Crippen molar-refractivity contribution in [3.05, 3.63) is 0 Å². The van der Waals surface area contributed by atoms with Crippen LogP contribution in [0.4, 0.5) is 0 Å². The minimum atomic E-state index is -3.82. The fourth-order valence-corrected chi connectivity index (χ4v) is 4.95. The molecule has 0 aromatic rings. The lowest BCUT2D eigenvalue weighted by atomic mass is 10.0. The molecule has 0 radical (unpaired) electrons. The summed E-state index contributed by atoms with van der Waals surface area (Å²) in [5.74, 6) is 0.717. The van der Waals surface area contributed by atoms with Crippen LogP contribution < -0.4 is 5.73 Å². The summed E-state index contributed by atoms with van der Waals surface area (Å²) >= 11 is 0. The maximum atomic E-state index is 11.3. The van der Waals surface area contributed by atoms with E-state index in [1.54, 1.807) is 13.8 Å². The van der Waals surface area contributed by atoms with Gasteiger partial charge in [0.1, 0.15) is 0 Å². The Morgan fingerprint density at radius 1 is 0.657 bits per heavy atom. The standard InChI is InChI=1S/C18H39N.C11H25O4P/c1-2-3-4-5-6-7-8-9-10-11-12-13-14-15-16-17-18-19;1-10(2)8-6-5-7-9-14-16(12,13)15-11(3)4/h2-19H2,1H3;10-11H,5-9H2,1-4H3,(H,12,13). The Kier molecular flexibility index (Phi) is 30.5. The fraction of sp³-hybridized carbons (Fsp3) is 1.00. The smallest absolute Gasteiger partial charge is 0.330 e. The van der Waals surface area contributed by atoms with Crippen molar-refractivity contribution < 1.29 is 18.5 Å². The highest BCUT2D eigenvalue weighted by atomic mass is 31.2. The molecule has 35 heavy (non-hydrogen) atoms. The van der Waals surface area contributed by atoms with Gasteiger partial charge >= 0.3 is 7.82 Å². The zero-order valence-corrected chi connectivity index (χ0v) is 25.3. The number of nitrogens with two attached hydrogens (primary N) is 1. The zero-order valence-electron chi connectivity index (χ0n) is 24.4. The van der Waals surface area contributed by atoms with Crippen molar-refractivity contribution in [3.8, 4) is 0 Å². The number of hydrogen-bond donors (Lipinski definition) is 2. The summed E-state index contributed by atoms with van der Waals surface area (Å²) in [7, 11) is -3.82. The summed E-state index contributed by atoms with van der Waals surface area (Å²) < 4.78 is 20.9. The topological polar surface area (TPSA) is 81.8 Å². The molecule has 3 N–H and O–H groups in total. The summed E-state index contributed by atoms with van der Waals surface area (Å²) in [5, 5.41) is 0. The monoisotopic (exact) mass is 521 g/mol. The van der Waals surface area contributed by atoms with E-state index in [0.29, 0.717) is 12.5 Å². The Hall–Kier alpha value is 0.0700. The van der Waals surface area contributed by atoms with Gasteiger partial charge in [0.15, 0.2) is 0 Å². The van der Waals surface area contributed by atoms with Gasteiger partial charge in [-0.15, -0.1) is 0 Å². The third-order valence-electron chi connectivity index (χ3n) is 6.08. The van der Waals surface area contributed by atoms with Crippen LogP contribution in [-0.4, -0.2) is 24.1 Å². The van der Waals surface area contributed by atoms with Gasteiger partial charge in [-0.1, -0.05) is 136 Å². The van der Waals surface area contributed by atoms with Gasteiger partial charge in [-0.3, -0.25) is 9.05 Å². The third-order valence-corrected chi connectivity index (χ3v) is 7.28. The average molecular weight is 522 g/mol. The molecule has 0 aromatic heterocycles. The molecule has 0 aromatic carbocycles. The number of unbranched alkanes of at least 4 members (excludes halogenated alkanes) is 17. The van der Waals surface area contributed by atoms with Gasteiger partial charge in [0.05, 0.1) is 12.7 Å². The molecule has 0 aliphatic heterocycles. The summed E-state index contributed by atoms with van der Waals surface area (Å²) in [6, 6.07) is 0. The van der Waals surface area contributed by atoms with Crippen LogP contribution >= 0.6 is 7.82 Å². The van der Waals surface area contributed by atoms with Crippen LogP contribution in [0.3, 0.4) is 0 Å². The Bertz CT molecular complexity index is 430. The molecular formula is C29H64NO4P. The maximum absolute atomic E-state index is 11.3. The highest BCUT2D eigenvalue weighted by molar-refractivity contribution is 7.47. The fourth-order valence-electron chi connectivity index (χ4n) is 4.00. The summed E-state index contributed by atoms with van der Waals surface area (Å²) in [6.07, 6.45) is 26.7. The molecule has 0 aliphatic carbocycles. The van der Waals surface area contributed by atoms with Crippen molar-refractivity contribution in [1.82, 2.24) is 0 Å². The first-order chi connectivity index (χ1) is 16.7. The van der Waals surface area contributed by atoms with E-state index in [1.807, 2.05) is 0 Å². The molecule has 0 bridgehead atoms. The molecule has 1 atom stereocenters. The number of rotatable bonds is 25. The van der Waals surface area contributed by atoms with E-state index in [4.69, 9.17) is 14.8 Å². The van der Waals surface area contributed by atoms with Crippen molar-refractivity contribution in [2.24, 2.45) is 11.7 Å². The van der Waals surface area contributed by atoms with Crippen LogP contribution in [0.5, 0.6) is 0 Å². The summed E-state index contributed by atoms with van der Waals surface area (Å²) in [6.45, 7) is 11.2. The van der Waals surface area contributed by atoms with Crippen LogP contribution in [0, 0.1) is 5.92 Å². The predicted molar refractivity (Wildman–Crippen MR) is 154 cm³/mol. The maximum Gasteiger partial charge on any atom is 0.472 e. The van der Waals surface area contributed by atoms with Gasteiger partial charge in [-0.05, 0) is 39.2 Å². The summed E-state index contributed by atoms with van der Waals surface area (Å²) in [4.78, 5) is 9.24. The Morgan fingerprint density at radius 2 is 1.06 bits per heavy atom. The van der Waals surface area contributed by atoms with Crippen molar-refractivity contribution in [1.29, 1.82) is 0 Å². The van der Waals surface area contributed by atoms with E-state index in [0.717, 1.165) is 25.8 Å². The van der Waals surface area contributed by atoms with Crippen LogP contribution in [0.25, 0.3) is 0 Å². The first-order valence-electron chi connectivity index (χ1n) is 15.1. The predicted octanol–water partition coefficient (Wildman–Crippen LogP) is 9.95. The number of hydrogen-bond acceptors (Lipinski definition) is 4. The van der Waals surface area contributed by atoms with Crippen LogP contribution in [0.15, 0.2) is 0 Å². The molecule has 0 rings (SSSR count). The van der Waals surface area contributed by atoms with E-state index in [-0.39, 0.29) is 6.10 Å². The zero-order chi connectivity index (χ0) is 26.6. The largest absolute Gasteiger partial charge is 0.472 e. The second-order valence-electron chi connectivity index (χ2n) is 10.8. The van der Waals surface area contributed by atoms with E-state index in [1.165, 1.54) is 109 Å². The Labute approximate surface area is 220 Å². The highest BCUT2D eigenvalue weighted by Gasteiger charge is 2.21. The normalized spacial score (nSPS) is 13.2. The average Bonchev–Trinajstić information content (AvgIpc) is 2.78. The molecule has 0 saturated heterocycles. The molecule has 0 heterocycles. The van der Waals surface area contributed by atoms with Crippen molar-refractivity contribution in [3.63, 3.8) is 0 Å². The van der Waals surface area contributed by atoms with Gasteiger partial charge in [0.2, 0.25) is 0 Å². The molecule has 1 unspecified atom stereocenters. The van der Waals surface area contributed by atoms with Crippen LogP contribution in [0.1, 0.15) is 163 Å². The Balaban J connectivity index is 0. The minimum absolute atomic E-state index is 0.290. The van der Waals surface area contributed by atoms with E-state index in [2.05, 4.69) is 20.8 Å². The second-order valence-corrected chi connectivity index (χ2v) is 12.2. The number of phosphoric acid groups is 1. The highest BCUT2D eigenvalue weighted by Crippen LogP contribution is 2.44. The molecule has 0 aliphatic rings. The van der Waals surface area contributed by atoms with Crippen LogP contribution in [0.2, 0.25) is 0 Å². The van der Waals surface area contributed by atoms with E-state index >= 15 is 0 Å². The molecule has 214 valence electrons. The van der Waals surface area contributed by atoms with Gasteiger partial charge in [-0.2, -0.15) is 0 Å². The van der Waals surface area contributed by atoms with Gasteiger partial charge < -0.3 is 10.6 Å². The lowest BCUT2D eigenvalue weighted by Crippen LogP contribution is -2.03.